The first kappa shape index (κ1) is 17.5. The third-order valence-electron chi connectivity index (χ3n) is 3.82. The van der Waals surface area contributed by atoms with E-state index in [1.54, 1.807) is 0 Å². The molecule has 0 saturated carbocycles. The van der Waals surface area contributed by atoms with Crippen molar-refractivity contribution in [2.24, 2.45) is 11.8 Å². The van der Waals surface area contributed by atoms with Crippen LogP contribution in [0.25, 0.3) is 0 Å². The molecule has 0 radical (unpaired) electrons. The summed E-state index contributed by atoms with van der Waals surface area (Å²) in [5.74, 6) is 0.662. The highest BCUT2D eigenvalue weighted by molar-refractivity contribution is 5.72. The molecule has 108 valence electrons. The first-order chi connectivity index (χ1) is 8.69. The summed E-state index contributed by atoms with van der Waals surface area (Å²) in [5.41, 5.74) is 0. The van der Waals surface area contributed by atoms with Gasteiger partial charge in [0.1, 0.15) is 0 Å². The van der Waals surface area contributed by atoms with Gasteiger partial charge in [0.15, 0.2) is 0 Å². The Bertz CT molecular complexity index is 197. The number of rotatable bonds is 11. The van der Waals surface area contributed by atoms with Crippen molar-refractivity contribution in [1.82, 2.24) is 0 Å². The van der Waals surface area contributed by atoms with Gasteiger partial charge in [-0.1, -0.05) is 59.8 Å². The molecule has 0 saturated heterocycles. The second-order valence-corrected chi connectivity index (χ2v) is 5.27. The molecule has 0 aromatic carbocycles. The predicted molar refractivity (Wildman–Crippen MR) is 77.6 cm³/mol. The van der Waals surface area contributed by atoms with Crippen LogP contribution in [0.2, 0.25) is 0 Å². The van der Waals surface area contributed by atoms with Gasteiger partial charge in [-0.15, -0.1) is 0 Å². The van der Waals surface area contributed by atoms with Crippen LogP contribution in [0.3, 0.4) is 0 Å². The SMILES string of the molecule is CCCCCCC(CC)COC(=O)C(CC)CC. The van der Waals surface area contributed by atoms with Gasteiger partial charge < -0.3 is 4.74 Å². The van der Waals surface area contributed by atoms with E-state index in [4.69, 9.17) is 4.74 Å². The van der Waals surface area contributed by atoms with Crippen LogP contribution in [-0.2, 0) is 9.53 Å². The quantitative estimate of drug-likeness (QED) is 0.385. The molecule has 2 nitrogen and oxygen atoms in total. The molecule has 0 rings (SSSR count). The van der Waals surface area contributed by atoms with Crippen molar-refractivity contribution in [3.05, 3.63) is 0 Å². The number of unbranched alkanes of at least 4 members (excludes halogenated alkanes) is 3. The molecule has 0 aromatic rings. The van der Waals surface area contributed by atoms with Gasteiger partial charge in [0.25, 0.3) is 0 Å². The molecule has 0 bridgehead atoms. The molecule has 0 heterocycles. The van der Waals surface area contributed by atoms with Crippen LogP contribution in [0.15, 0.2) is 0 Å². The second-order valence-electron chi connectivity index (χ2n) is 5.27. The van der Waals surface area contributed by atoms with Crippen molar-refractivity contribution in [3.8, 4) is 0 Å². The maximum Gasteiger partial charge on any atom is 0.308 e. The van der Waals surface area contributed by atoms with Crippen LogP contribution in [0.4, 0.5) is 0 Å². The molecule has 0 fully saturated rings. The minimum absolute atomic E-state index is 0.00649. The Morgan fingerprint density at radius 2 is 1.61 bits per heavy atom. The fourth-order valence-electron chi connectivity index (χ4n) is 2.20. The smallest absolute Gasteiger partial charge is 0.308 e. The molecule has 2 heteroatoms. The molecule has 0 aromatic heterocycles. The minimum atomic E-state index is 0.00649. The van der Waals surface area contributed by atoms with E-state index in [-0.39, 0.29) is 11.9 Å². The van der Waals surface area contributed by atoms with Crippen molar-refractivity contribution in [1.29, 1.82) is 0 Å². The molecule has 0 aliphatic carbocycles. The largest absolute Gasteiger partial charge is 0.465 e. The highest BCUT2D eigenvalue weighted by Crippen LogP contribution is 2.16. The van der Waals surface area contributed by atoms with E-state index in [1.807, 2.05) is 0 Å². The van der Waals surface area contributed by atoms with Gasteiger partial charge >= 0.3 is 5.97 Å². The summed E-state index contributed by atoms with van der Waals surface area (Å²) in [4.78, 5) is 11.8. The van der Waals surface area contributed by atoms with Gasteiger partial charge in [-0.3, -0.25) is 4.79 Å². The molecule has 0 amide bonds. The lowest BCUT2D eigenvalue weighted by Crippen LogP contribution is -2.20. The molecule has 0 N–H and O–H groups in total. The zero-order chi connectivity index (χ0) is 13.8. The van der Waals surface area contributed by atoms with E-state index in [0.29, 0.717) is 12.5 Å². The van der Waals surface area contributed by atoms with Crippen LogP contribution in [-0.4, -0.2) is 12.6 Å². The topological polar surface area (TPSA) is 26.3 Å². The number of carbonyl (C=O) groups excluding carboxylic acids is 1. The first-order valence-electron chi connectivity index (χ1n) is 7.86. The normalized spacial score (nSPS) is 12.7. The van der Waals surface area contributed by atoms with Crippen molar-refractivity contribution < 1.29 is 9.53 Å². The molecule has 1 atom stereocenters. The molecular formula is C16H32O2. The fourth-order valence-corrected chi connectivity index (χ4v) is 2.20. The summed E-state index contributed by atoms with van der Waals surface area (Å²) in [7, 11) is 0. The molecular weight excluding hydrogens is 224 g/mol. The number of carbonyl (C=O) groups is 1. The average Bonchev–Trinajstić information content (AvgIpc) is 2.39. The van der Waals surface area contributed by atoms with Crippen LogP contribution < -0.4 is 0 Å². The van der Waals surface area contributed by atoms with Gasteiger partial charge in [0.2, 0.25) is 0 Å². The van der Waals surface area contributed by atoms with E-state index in [9.17, 15) is 4.79 Å². The van der Waals surface area contributed by atoms with E-state index in [0.717, 1.165) is 19.3 Å². The first-order valence-corrected chi connectivity index (χ1v) is 7.86. The monoisotopic (exact) mass is 256 g/mol. The average molecular weight is 256 g/mol. The fraction of sp³-hybridized carbons (Fsp3) is 0.938. The van der Waals surface area contributed by atoms with Crippen molar-refractivity contribution in [2.75, 3.05) is 6.61 Å². The van der Waals surface area contributed by atoms with Crippen LogP contribution >= 0.6 is 0 Å². The highest BCUT2D eigenvalue weighted by Gasteiger charge is 2.17. The van der Waals surface area contributed by atoms with E-state index in [1.165, 1.54) is 32.1 Å². The van der Waals surface area contributed by atoms with E-state index in [2.05, 4.69) is 27.7 Å². The summed E-state index contributed by atoms with van der Waals surface area (Å²) in [6.07, 6.45) is 9.28. The Labute approximate surface area is 113 Å². The van der Waals surface area contributed by atoms with Gasteiger partial charge in [-0.2, -0.15) is 0 Å². The number of hydrogen-bond acceptors (Lipinski definition) is 2. The lowest BCUT2D eigenvalue weighted by Gasteiger charge is -2.17. The van der Waals surface area contributed by atoms with Gasteiger partial charge in [0.05, 0.1) is 12.5 Å². The van der Waals surface area contributed by atoms with E-state index >= 15 is 0 Å². The lowest BCUT2D eigenvalue weighted by atomic mass is 9.99. The number of esters is 1. The van der Waals surface area contributed by atoms with Crippen LogP contribution in [0.1, 0.15) is 79.1 Å². The Kier molecular flexibility index (Phi) is 11.2. The minimum Gasteiger partial charge on any atom is -0.465 e. The Balaban J connectivity index is 3.81. The zero-order valence-corrected chi connectivity index (χ0v) is 12.8. The Morgan fingerprint density at radius 3 is 2.11 bits per heavy atom. The zero-order valence-electron chi connectivity index (χ0n) is 12.8. The van der Waals surface area contributed by atoms with Gasteiger partial charge in [-0.05, 0) is 25.2 Å². The number of hydrogen-bond donors (Lipinski definition) is 0. The van der Waals surface area contributed by atoms with Crippen molar-refractivity contribution >= 4 is 5.97 Å². The highest BCUT2D eigenvalue weighted by atomic mass is 16.5. The van der Waals surface area contributed by atoms with E-state index < -0.39 is 0 Å². The standard InChI is InChI=1S/C16H32O2/c1-5-9-10-11-12-14(6-2)13-18-16(17)15(7-3)8-4/h14-15H,5-13H2,1-4H3. The Morgan fingerprint density at radius 1 is 0.944 bits per heavy atom. The van der Waals surface area contributed by atoms with Crippen molar-refractivity contribution in [2.45, 2.75) is 79.1 Å². The maximum atomic E-state index is 11.8. The summed E-state index contributed by atoms with van der Waals surface area (Å²) < 4.78 is 5.46. The molecule has 18 heavy (non-hydrogen) atoms. The lowest BCUT2D eigenvalue weighted by molar-refractivity contribution is -0.150. The van der Waals surface area contributed by atoms with Crippen molar-refractivity contribution in [3.63, 3.8) is 0 Å². The van der Waals surface area contributed by atoms with Gasteiger partial charge in [0, 0.05) is 0 Å². The summed E-state index contributed by atoms with van der Waals surface area (Å²) in [5, 5.41) is 0. The maximum absolute atomic E-state index is 11.8. The predicted octanol–water partition coefficient (Wildman–Crippen LogP) is 4.96. The number of ether oxygens (including phenoxy) is 1. The summed E-state index contributed by atoms with van der Waals surface area (Å²) in [6.45, 7) is 9.15. The molecule has 1 unspecified atom stereocenters. The Hall–Kier alpha value is -0.530. The molecule has 0 spiro atoms. The van der Waals surface area contributed by atoms with Gasteiger partial charge in [-0.25, -0.2) is 0 Å². The second kappa shape index (κ2) is 11.6. The third kappa shape index (κ3) is 7.73. The third-order valence-corrected chi connectivity index (χ3v) is 3.82. The molecule has 0 aliphatic rings. The van der Waals surface area contributed by atoms with Crippen LogP contribution in [0, 0.1) is 11.8 Å². The summed E-state index contributed by atoms with van der Waals surface area (Å²) in [6, 6.07) is 0. The molecule has 0 aliphatic heterocycles. The van der Waals surface area contributed by atoms with Crippen LogP contribution in [0.5, 0.6) is 0 Å². The summed E-state index contributed by atoms with van der Waals surface area (Å²) >= 11 is 0.